The van der Waals surface area contributed by atoms with Gasteiger partial charge in [-0.1, -0.05) is 37.5 Å². The third kappa shape index (κ3) is 3.47. The molecule has 1 heterocycles. The molecule has 1 aliphatic carbocycles. The van der Waals surface area contributed by atoms with Crippen LogP contribution in [0.15, 0.2) is 24.3 Å². The third-order valence-corrected chi connectivity index (χ3v) is 5.30. The highest BCUT2D eigenvalue weighted by Gasteiger charge is 2.40. The monoisotopic (exact) mass is 329 g/mol. The van der Waals surface area contributed by atoms with E-state index in [-0.39, 0.29) is 17.8 Å². The van der Waals surface area contributed by atoms with Crippen LogP contribution < -0.4 is 4.90 Å². The maximum atomic E-state index is 13.3. The molecule has 4 heteroatoms. The second-order valence-corrected chi connectivity index (χ2v) is 6.85. The first-order valence-corrected chi connectivity index (χ1v) is 9.28. The van der Waals surface area contributed by atoms with Crippen LogP contribution in [-0.2, 0) is 20.7 Å². The zero-order chi connectivity index (χ0) is 16.9. The van der Waals surface area contributed by atoms with Crippen LogP contribution >= 0.6 is 0 Å². The van der Waals surface area contributed by atoms with Gasteiger partial charge in [-0.3, -0.25) is 9.59 Å². The van der Waals surface area contributed by atoms with Crippen molar-refractivity contribution in [1.82, 2.24) is 0 Å². The molecule has 0 radical (unpaired) electrons. The van der Waals surface area contributed by atoms with Crippen molar-refractivity contribution in [2.45, 2.75) is 51.9 Å². The summed E-state index contributed by atoms with van der Waals surface area (Å²) in [6.45, 7) is 2.82. The van der Waals surface area contributed by atoms with E-state index >= 15 is 0 Å². The summed E-state index contributed by atoms with van der Waals surface area (Å²) in [7, 11) is 0. The van der Waals surface area contributed by atoms with Crippen LogP contribution in [0.1, 0.15) is 51.0 Å². The molecule has 1 fully saturated rings. The van der Waals surface area contributed by atoms with Gasteiger partial charge in [-0.2, -0.15) is 0 Å². The number of esters is 1. The lowest BCUT2D eigenvalue weighted by molar-refractivity contribution is -0.154. The van der Waals surface area contributed by atoms with Crippen LogP contribution in [0.5, 0.6) is 0 Å². The maximum absolute atomic E-state index is 13.3. The van der Waals surface area contributed by atoms with Gasteiger partial charge >= 0.3 is 5.97 Å². The number of hydrogen-bond donors (Lipinski definition) is 0. The number of hydrogen-bond acceptors (Lipinski definition) is 3. The summed E-state index contributed by atoms with van der Waals surface area (Å²) in [5.74, 6) is -0.916. The highest BCUT2D eigenvalue weighted by atomic mass is 16.5. The Morgan fingerprint density at radius 3 is 2.67 bits per heavy atom. The summed E-state index contributed by atoms with van der Waals surface area (Å²) in [6.07, 6.45) is 7.24. The molecular weight excluding hydrogens is 302 g/mol. The molecule has 24 heavy (non-hydrogen) atoms. The standard InChI is InChI=1S/C20H27NO3/c1-2-24-20(23)18(16-10-4-3-5-11-16)19(22)21-14-8-12-15-9-6-7-13-17(15)21/h6-7,9,13,16,18H,2-5,8,10-12,14H2,1H3/t18-/m1/s1. The number of nitrogens with zero attached hydrogens (tertiary/aromatic N) is 1. The normalized spacial score (nSPS) is 19.5. The molecule has 0 aromatic heterocycles. The van der Waals surface area contributed by atoms with E-state index < -0.39 is 5.92 Å². The van der Waals surface area contributed by atoms with Gasteiger partial charge < -0.3 is 9.64 Å². The summed E-state index contributed by atoms with van der Waals surface area (Å²) in [5.41, 5.74) is 2.17. The first kappa shape index (κ1) is 17.0. The van der Waals surface area contributed by atoms with E-state index in [1.807, 2.05) is 23.1 Å². The number of rotatable bonds is 4. The minimum absolute atomic E-state index is 0.0625. The number of carbonyl (C=O) groups excluding carboxylic acids is 2. The van der Waals surface area contributed by atoms with Gasteiger partial charge in [0.05, 0.1) is 6.61 Å². The molecule has 0 spiro atoms. The molecule has 0 bridgehead atoms. The van der Waals surface area contributed by atoms with Crippen LogP contribution in [0.25, 0.3) is 0 Å². The maximum Gasteiger partial charge on any atom is 0.318 e. The molecule has 1 aromatic carbocycles. The molecule has 1 amide bonds. The van der Waals surface area contributed by atoms with Crippen molar-refractivity contribution in [1.29, 1.82) is 0 Å². The van der Waals surface area contributed by atoms with Gasteiger partial charge in [-0.05, 0) is 50.2 Å². The largest absolute Gasteiger partial charge is 0.465 e. The summed E-state index contributed by atoms with van der Waals surface area (Å²) in [5, 5.41) is 0. The minimum atomic E-state index is -0.642. The van der Waals surface area contributed by atoms with Gasteiger partial charge in [0, 0.05) is 12.2 Å². The first-order chi connectivity index (χ1) is 11.7. The lowest BCUT2D eigenvalue weighted by Crippen LogP contribution is -2.46. The average Bonchev–Trinajstić information content (AvgIpc) is 2.62. The molecule has 130 valence electrons. The zero-order valence-corrected chi connectivity index (χ0v) is 14.5. The van der Waals surface area contributed by atoms with Crippen LogP contribution in [-0.4, -0.2) is 25.0 Å². The van der Waals surface area contributed by atoms with Gasteiger partial charge in [0.25, 0.3) is 0 Å². The molecule has 1 saturated carbocycles. The van der Waals surface area contributed by atoms with E-state index in [1.54, 1.807) is 6.92 Å². The fourth-order valence-corrected chi connectivity index (χ4v) is 4.12. The minimum Gasteiger partial charge on any atom is -0.465 e. The number of ether oxygens (including phenoxy) is 1. The predicted octanol–water partition coefficient (Wildman–Crippen LogP) is 3.73. The number of anilines is 1. The molecule has 2 aliphatic rings. The van der Waals surface area contributed by atoms with Crippen molar-refractivity contribution in [3.63, 3.8) is 0 Å². The van der Waals surface area contributed by atoms with E-state index in [0.717, 1.165) is 44.2 Å². The number of carbonyl (C=O) groups is 2. The van der Waals surface area contributed by atoms with Gasteiger partial charge in [0.2, 0.25) is 5.91 Å². The molecule has 1 aliphatic heterocycles. The molecule has 3 rings (SSSR count). The van der Waals surface area contributed by atoms with Gasteiger partial charge in [-0.25, -0.2) is 0 Å². The molecule has 0 unspecified atom stereocenters. The fourth-order valence-electron chi connectivity index (χ4n) is 4.12. The topological polar surface area (TPSA) is 46.6 Å². The van der Waals surface area contributed by atoms with Gasteiger partial charge in [-0.15, -0.1) is 0 Å². The Kier molecular flexibility index (Phi) is 5.54. The van der Waals surface area contributed by atoms with Crippen molar-refractivity contribution in [3.8, 4) is 0 Å². The van der Waals surface area contributed by atoms with Crippen LogP contribution in [0, 0.1) is 11.8 Å². The first-order valence-electron chi connectivity index (χ1n) is 9.28. The molecule has 0 N–H and O–H groups in total. The van der Waals surface area contributed by atoms with Crippen LogP contribution in [0.4, 0.5) is 5.69 Å². The Labute approximate surface area is 144 Å². The van der Waals surface area contributed by atoms with Crippen molar-refractivity contribution < 1.29 is 14.3 Å². The summed E-state index contributed by atoms with van der Waals surface area (Å²) < 4.78 is 5.27. The second-order valence-electron chi connectivity index (χ2n) is 6.85. The van der Waals surface area contributed by atoms with Crippen molar-refractivity contribution in [2.24, 2.45) is 11.8 Å². The van der Waals surface area contributed by atoms with Gasteiger partial charge in [0.1, 0.15) is 5.92 Å². The molecule has 0 saturated heterocycles. The Balaban J connectivity index is 1.87. The fraction of sp³-hybridized carbons (Fsp3) is 0.600. The van der Waals surface area contributed by atoms with Crippen LogP contribution in [0.3, 0.4) is 0 Å². The smallest absolute Gasteiger partial charge is 0.318 e. The Morgan fingerprint density at radius 2 is 1.92 bits per heavy atom. The zero-order valence-electron chi connectivity index (χ0n) is 14.5. The molecule has 4 nitrogen and oxygen atoms in total. The number of aryl methyl sites for hydroxylation is 1. The summed E-state index contributed by atoms with van der Waals surface area (Å²) in [6, 6.07) is 8.05. The van der Waals surface area contributed by atoms with Crippen molar-refractivity contribution in [3.05, 3.63) is 29.8 Å². The Hall–Kier alpha value is -1.84. The van der Waals surface area contributed by atoms with E-state index in [9.17, 15) is 9.59 Å². The Bertz CT molecular complexity index is 592. The highest BCUT2D eigenvalue weighted by molar-refractivity contribution is 6.07. The number of benzene rings is 1. The van der Waals surface area contributed by atoms with Crippen LogP contribution in [0.2, 0.25) is 0 Å². The summed E-state index contributed by atoms with van der Waals surface area (Å²) in [4.78, 5) is 27.7. The predicted molar refractivity (Wildman–Crippen MR) is 93.8 cm³/mol. The average molecular weight is 329 g/mol. The SMILES string of the molecule is CCOC(=O)[C@@H](C(=O)N1CCCc2ccccc21)C1CCCCC1. The lowest BCUT2D eigenvalue weighted by Gasteiger charge is -2.35. The van der Waals surface area contributed by atoms with Crippen molar-refractivity contribution in [2.75, 3.05) is 18.1 Å². The van der Waals surface area contributed by atoms with E-state index in [2.05, 4.69) is 6.07 Å². The number of fused-ring (bicyclic) bond motifs is 1. The molecular formula is C20H27NO3. The molecule has 1 aromatic rings. The Morgan fingerprint density at radius 1 is 1.17 bits per heavy atom. The number of amides is 1. The van der Waals surface area contributed by atoms with E-state index in [4.69, 9.17) is 4.74 Å². The van der Waals surface area contributed by atoms with Gasteiger partial charge in [0.15, 0.2) is 0 Å². The molecule has 1 atom stereocenters. The van der Waals surface area contributed by atoms with Crippen molar-refractivity contribution >= 4 is 17.6 Å². The van der Waals surface area contributed by atoms with E-state index in [1.165, 1.54) is 12.0 Å². The quantitative estimate of drug-likeness (QED) is 0.625. The summed E-state index contributed by atoms with van der Waals surface area (Å²) >= 11 is 0. The van der Waals surface area contributed by atoms with E-state index in [0.29, 0.717) is 13.2 Å². The lowest BCUT2D eigenvalue weighted by atomic mass is 9.79. The third-order valence-electron chi connectivity index (χ3n) is 5.30. The second kappa shape index (κ2) is 7.82. The highest BCUT2D eigenvalue weighted by Crippen LogP contribution is 2.35. The number of para-hydroxylation sites is 1.